The maximum absolute atomic E-state index is 6.24. The molecular weight excluding hydrogens is 429 g/mol. The van der Waals surface area contributed by atoms with E-state index in [0.29, 0.717) is 0 Å². The molecule has 1 heterocycles. The van der Waals surface area contributed by atoms with Crippen LogP contribution in [0.5, 0.6) is 5.75 Å². The summed E-state index contributed by atoms with van der Waals surface area (Å²) < 4.78 is 10.4. The van der Waals surface area contributed by atoms with Gasteiger partial charge in [0.2, 0.25) is 0 Å². The Balaban J connectivity index is 0.00000264. The van der Waals surface area contributed by atoms with E-state index >= 15 is 0 Å². The number of hydrogen-bond donors (Lipinski definition) is 2. The minimum Gasteiger partial charge on any atom is -0.497 e. The first-order chi connectivity index (χ1) is 10.6. The zero-order valence-corrected chi connectivity index (χ0v) is 16.9. The standard InChI is InChI=1S/C16H24ClN3O2.HI/c1-16(10-22-11-16)9-20-15(18-2)19-7-6-12-4-5-13(21-3)8-14(12)17;/h4-5,8H,6-7,9-11H2,1-3H3,(H2,18,19,20);1H. The van der Waals surface area contributed by atoms with Crippen molar-refractivity contribution in [2.75, 3.05) is 40.5 Å². The first-order valence-electron chi connectivity index (χ1n) is 7.41. The van der Waals surface area contributed by atoms with Gasteiger partial charge in [-0.2, -0.15) is 0 Å². The second-order valence-corrected chi connectivity index (χ2v) is 6.27. The lowest BCUT2D eigenvalue weighted by atomic mass is 9.89. The topological polar surface area (TPSA) is 54.9 Å². The molecule has 0 aromatic heterocycles. The van der Waals surface area contributed by atoms with Gasteiger partial charge in [0.05, 0.1) is 20.3 Å². The highest BCUT2D eigenvalue weighted by atomic mass is 127. The summed E-state index contributed by atoms with van der Waals surface area (Å²) >= 11 is 6.24. The highest BCUT2D eigenvalue weighted by Crippen LogP contribution is 2.25. The average Bonchev–Trinajstić information content (AvgIpc) is 2.50. The lowest BCUT2D eigenvalue weighted by Gasteiger charge is -2.38. The number of methoxy groups -OCH3 is 1. The molecule has 0 saturated carbocycles. The van der Waals surface area contributed by atoms with E-state index in [0.717, 1.165) is 55.0 Å². The molecule has 1 aromatic carbocycles. The van der Waals surface area contributed by atoms with Gasteiger partial charge in [0.1, 0.15) is 5.75 Å². The first-order valence-corrected chi connectivity index (χ1v) is 7.79. The van der Waals surface area contributed by atoms with Gasteiger partial charge in [-0.1, -0.05) is 24.6 Å². The van der Waals surface area contributed by atoms with Crippen molar-refractivity contribution in [3.63, 3.8) is 0 Å². The summed E-state index contributed by atoms with van der Waals surface area (Å²) in [5.74, 6) is 1.58. The molecule has 0 spiro atoms. The molecule has 5 nitrogen and oxygen atoms in total. The molecule has 0 atom stereocenters. The maximum Gasteiger partial charge on any atom is 0.191 e. The van der Waals surface area contributed by atoms with Crippen molar-refractivity contribution in [3.05, 3.63) is 28.8 Å². The Morgan fingerprint density at radius 3 is 2.65 bits per heavy atom. The summed E-state index contributed by atoms with van der Waals surface area (Å²) in [5, 5.41) is 7.36. The van der Waals surface area contributed by atoms with Crippen LogP contribution in [0, 0.1) is 5.41 Å². The van der Waals surface area contributed by atoms with E-state index in [2.05, 4.69) is 22.5 Å². The zero-order chi connectivity index (χ0) is 16.0. The Bertz CT molecular complexity index is 536. The van der Waals surface area contributed by atoms with Gasteiger partial charge in [0, 0.05) is 30.6 Å². The summed E-state index contributed by atoms with van der Waals surface area (Å²) in [6.07, 6.45) is 0.823. The molecular formula is C16H25ClIN3O2. The monoisotopic (exact) mass is 453 g/mol. The fraction of sp³-hybridized carbons (Fsp3) is 0.562. The number of hydrogen-bond acceptors (Lipinski definition) is 3. The van der Waals surface area contributed by atoms with Gasteiger partial charge in [-0.3, -0.25) is 4.99 Å². The number of ether oxygens (including phenoxy) is 2. The minimum atomic E-state index is 0. The fourth-order valence-corrected chi connectivity index (χ4v) is 2.51. The van der Waals surface area contributed by atoms with Crippen LogP contribution in [0.25, 0.3) is 0 Å². The summed E-state index contributed by atoms with van der Waals surface area (Å²) in [5.41, 5.74) is 1.31. The number of halogens is 2. The van der Waals surface area contributed by atoms with E-state index < -0.39 is 0 Å². The number of guanidine groups is 1. The van der Waals surface area contributed by atoms with Crippen LogP contribution in [0.15, 0.2) is 23.2 Å². The van der Waals surface area contributed by atoms with Crippen molar-refractivity contribution in [2.45, 2.75) is 13.3 Å². The molecule has 0 unspecified atom stereocenters. The summed E-state index contributed by atoms with van der Waals surface area (Å²) in [4.78, 5) is 4.23. The molecule has 1 saturated heterocycles. The smallest absolute Gasteiger partial charge is 0.191 e. The molecule has 0 radical (unpaired) electrons. The van der Waals surface area contributed by atoms with Crippen molar-refractivity contribution in [1.29, 1.82) is 0 Å². The number of nitrogens with one attached hydrogen (secondary N) is 2. The van der Waals surface area contributed by atoms with E-state index in [-0.39, 0.29) is 29.4 Å². The van der Waals surface area contributed by atoms with Gasteiger partial charge < -0.3 is 20.1 Å². The van der Waals surface area contributed by atoms with E-state index in [1.807, 2.05) is 18.2 Å². The Kier molecular flexibility index (Phi) is 8.42. The van der Waals surface area contributed by atoms with E-state index in [9.17, 15) is 0 Å². The number of rotatable bonds is 6. The Morgan fingerprint density at radius 2 is 2.13 bits per heavy atom. The molecule has 0 aliphatic carbocycles. The first kappa shape index (κ1) is 20.3. The van der Waals surface area contributed by atoms with Crippen LogP contribution in [0.1, 0.15) is 12.5 Å². The van der Waals surface area contributed by atoms with Crippen molar-refractivity contribution < 1.29 is 9.47 Å². The van der Waals surface area contributed by atoms with Crippen LogP contribution in [0.2, 0.25) is 5.02 Å². The maximum atomic E-state index is 6.24. The van der Waals surface area contributed by atoms with Gasteiger partial charge in [-0.05, 0) is 24.1 Å². The Hall–Kier alpha value is -0.730. The molecule has 7 heteroatoms. The molecule has 1 aromatic rings. The van der Waals surface area contributed by atoms with Crippen LogP contribution in [0.4, 0.5) is 0 Å². The normalized spacial score (nSPS) is 16.1. The van der Waals surface area contributed by atoms with E-state index in [1.54, 1.807) is 14.2 Å². The zero-order valence-electron chi connectivity index (χ0n) is 13.8. The molecule has 1 fully saturated rings. The second kappa shape index (κ2) is 9.54. The molecule has 1 aliphatic rings. The van der Waals surface area contributed by atoms with Crippen molar-refractivity contribution in [3.8, 4) is 5.75 Å². The predicted molar refractivity (Wildman–Crippen MR) is 105 cm³/mol. The summed E-state index contributed by atoms with van der Waals surface area (Å²) in [6.45, 7) is 5.43. The average molecular weight is 454 g/mol. The fourth-order valence-electron chi connectivity index (χ4n) is 2.24. The third-order valence-corrected chi connectivity index (χ3v) is 4.11. The van der Waals surface area contributed by atoms with Crippen molar-refractivity contribution in [1.82, 2.24) is 10.6 Å². The number of aliphatic imine (C=N–C) groups is 1. The van der Waals surface area contributed by atoms with Crippen LogP contribution in [0.3, 0.4) is 0 Å². The predicted octanol–water partition coefficient (Wildman–Crippen LogP) is 2.71. The summed E-state index contributed by atoms with van der Waals surface area (Å²) in [7, 11) is 3.41. The Labute approximate surface area is 160 Å². The SMILES string of the molecule is CN=C(NCCc1ccc(OC)cc1Cl)NCC1(C)COC1.I. The quantitative estimate of drug-likeness (QED) is 0.395. The highest BCUT2D eigenvalue weighted by Gasteiger charge is 2.33. The summed E-state index contributed by atoms with van der Waals surface area (Å²) in [6, 6.07) is 5.75. The Morgan fingerprint density at radius 1 is 1.39 bits per heavy atom. The molecule has 130 valence electrons. The van der Waals surface area contributed by atoms with Crippen molar-refractivity contribution >= 4 is 41.5 Å². The lowest BCUT2D eigenvalue weighted by molar-refractivity contribution is -0.0971. The van der Waals surface area contributed by atoms with Crippen molar-refractivity contribution in [2.24, 2.45) is 10.4 Å². The van der Waals surface area contributed by atoms with Gasteiger partial charge in [0.25, 0.3) is 0 Å². The van der Waals surface area contributed by atoms with Gasteiger partial charge in [-0.25, -0.2) is 0 Å². The number of nitrogens with zero attached hydrogens (tertiary/aromatic N) is 1. The van der Waals surface area contributed by atoms with Gasteiger partial charge in [0.15, 0.2) is 5.96 Å². The largest absolute Gasteiger partial charge is 0.497 e. The molecule has 0 bridgehead atoms. The molecule has 1 aliphatic heterocycles. The minimum absolute atomic E-state index is 0. The number of benzene rings is 1. The second-order valence-electron chi connectivity index (χ2n) is 5.86. The molecule has 2 rings (SSSR count). The van der Waals surface area contributed by atoms with E-state index in [1.165, 1.54) is 0 Å². The van der Waals surface area contributed by atoms with Crippen LogP contribution < -0.4 is 15.4 Å². The molecule has 2 N–H and O–H groups in total. The highest BCUT2D eigenvalue weighted by molar-refractivity contribution is 14.0. The van der Waals surface area contributed by atoms with Crippen LogP contribution in [-0.2, 0) is 11.2 Å². The van der Waals surface area contributed by atoms with Crippen LogP contribution >= 0.6 is 35.6 Å². The van der Waals surface area contributed by atoms with E-state index in [4.69, 9.17) is 21.1 Å². The van der Waals surface area contributed by atoms with Gasteiger partial charge in [-0.15, -0.1) is 24.0 Å². The third-order valence-electron chi connectivity index (χ3n) is 3.75. The molecule has 23 heavy (non-hydrogen) atoms. The third kappa shape index (κ3) is 6.00. The van der Waals surface area contributed by atoms with Crippen LogP contribution in [-0.4, -0.2) is 46.4 Å². The molecule has 0 amide bonds. The lowest BCUT2D eigenvalue weighted by Crippen LogP contribution is -2.51. The van der Waals surface area contributed by atoms with Gasteiger partial charge >= 0.3 is 0 Å².